The molecule has 0 unspecified atom stereocenters. The smallest absolute Gasteiger partial charge is 0.265 e. The average molecular weight is 428 g/mol. The van der Waals surface area contributed by atoms with Crippen LogP contribution in [-0.4, -0.2) is 72.8 Å². The van der Waals surface area contributed by atoms with Crippen molar-refractivity contribution in [2.45, 2.75) is 32.1 Å². The standard InChI is InChI=1S/C22H28N4O5/c23-21(29)15-6-10-24(11-7-15)19(27)13-26-17-12-16(4-5-18(17)31-14-20(26)28)22(30)25-8-2-1-3-9-25/h4-5,12,15H,1-3,6-11,13-14H2,(H2,23,29). The lowest BCUT2D eigenvalue weighted by Gasteiger charge is -2.34. The van der Waals surface area contributed by atoms with Crippen LogP contribution in [-0.2, 0) is 14.4 Å². The Labute approximate surface area is 181 Å². The topological polar surface area (TPSA) is 113 Å². The molecule has 1 aromatic rings. The number of amides is 4. The Hall–Kier alpha value is -3.10. The molecule has 166 valence electrons. The third-order valence-corrected chi connectivity index (χ3v) is 6.34. The van der Waals surface area contributed by atoms with Gasteiger partial charge in [0.1, 0.15) is 12.3 Å². The van der Waals surface area contributed by atoms with Crippen molar-refractivity contribution in [1.82, 2.24) is 9.80 Å². The Morgan fingerprint density at radius 2 is 1.71 bits per heavy atom. The summed E-state index contributed by atoms with van der Waals surface area (Å²) in [6, 6.07) is 5.05. The van der Waals surface area contributed by atoms with Gasteiger partial charge in [-0.05, 0) is 50.3 Å². The van der Waals surface area contributed by atoms with E-state index in [-0.39, 0.29) is 42.7 Å². The van der Waals surface area contributed by atoms with Gasteiger partial charge in [-0.3, -0.25) is 24.1 Å². The number of nitrogens with zero attached hydrogens (tertiary/aromatic N) is 3. The number of anilines is 1. The van der Waals surface area contributed by atoms with Gasteiger partial charge in [-0.1, -0.05) is 0 Å². The Morgan fingerprint density at radius 1 is 1.00 bits per heavy atom. The number of hydrogen-bond acceptors (Lipinski definition) is 5. The van der Waals surface area contributed by atoms with Crippen LogP contribution in [0.1, 0.15) is 42.5 Å². The number of nitrogens with two attached hydrogens (primary N) is 1. The van der Waals surface area contributed by atoms with Gasteiger partial charge in [0, 0.05) is 37.7 Å². The summed E-state index contributed by atoms with van der Waals surface area (Å²) in [6.07, 6.45) is 4.17. The van der Waals surface area contributed by atoms with Crippen LogP contribution >= 0.6 is 0 Å². The molecule has 9 heteroatoms. The molecule has 0 saturated carbocycles. The lowest BCUT2D eigenvalue weighted by Crippen LogP contribution is -2.49. The molecule has 31 heavy (non-hydrogen) atoms. The molecule has 0 spiro atoms. The van der Waals surface area contributed by atoms with Gasteiger partial charge < -0.3 is 20.3 Å². The number of rotatable bonds is 4. The summed E-state index contributed by atoms with van der Waals surface area (Å²) < 4.78 is 5.52. The van der Waals surface area contributed by atoms with Crippen LogP contribution in [0.4, 0.5) is 5.69 Å². The Kier molecular flexibility index (Phi) is 6.11. The first kappa shape index (κ1) is 21.1. The van der Waals surface area contributed by atoms with E-state index in [1.165, 1.54) is 4.90 Å². The quantitative estimate of drug-likeness (QED) is 0.761. The van der Waals surface area contributed by atoms with Gasteiger partial charge in [0.2, 0.25) is 11.8 Å². The van der Waals surface area contributed by atoms with Gasteiger partial charge in [-0.25, -0.2) is 0 Å². The third-order valence-electron chi connectivity index (χ3n) is 6.34. The molecule has 0 aromatic heterocycles. The molecule has 4 rings (SSSR count). The number of fused-ring (bicyclic) bond motifs is 1. The number of ether oxygens (including phenoxy) is 1. The Morgan fingerprint density at radius 3 is 2.39 bits per heavy atom. The second-order valence-corrected chi connectivity index (χ2v) is 8.36. The van der Waals surface area contributed by atoms with Gasteiger partial charge in [0.05, 0.1) is 5.69 Å². The van der Waals surface area contributed by atoms with Crippen LogP contribution in [0.5, 0.6) is 5.75 Å². The van der Waals surface area contributed by atoms with Crippen LogP contribution in [0.2, 0.25) is 0 Å². The monoisotopic (exact) mass is 428 g/mol. The van der Waals surface area contributed by atoms with Crippen molar-refractivity contribution in [2.75, 3.05) is 44.2 Å². The molecule has 0 radical (unpaired) electrons. The second-order valence-electron chi connectivity index (χ2n) is 8.36. The summed E-state index contributed by atoms with van der Waals surface area (Å²) >= 11 is 0. The maximum atomic E-state index is 12.9. The number of carbonyl (C=O) groups is 4. The molecule has 0 bridgehead atoms. The number of benzene rings is 1. The summed E-state index contributed by atoms with van der Waals surface area (Å²) in [5.74, 6) is -0.656. The fraction of sp³-hybridized carbons (Fsp3) is 0.545. The van der Waals surface area contributed by atoms with Crippen LogP contribution < -0.4 is 15.4 Å². The van der Waals surface area contributed by atoms with Crippen LogP contribution in [0.15, 0.2) is 18.2 Å². The highest BCUT2D eigenvalue weighted by Gasteiger charge is 2.32. The van der Waals surface area contributed by atoms with Crippen LogP contribution in [0, 0.1) is 5.92 Å². The van der Waals surface area contributed by atoms with E-state index in [0.29, 0.717) is 42.9 Å². The van der Waals surface area contributed by atoms with Gasteiger partial charge >= 0.3 is 0 Å². The van der Waals surface area contributed by atoms with E-state index in [2.05, 4.69) is 0 Å². The highest BCUT2D eigenvalue weighted by Crippen LogP contribution is 2.33. The summed E-state index contributed by atoms with van der Waals surface area (Å²) in [5, 5.41) is 0. The molecule has 2 fully saturated rings. The molecule has 9 nitrogen and oxygen atoms in total. The third kappa shape index (κ3) is 4.50. The number of piperidine rings is 2. The van der Waals surface area contributed by atoms with E-state index in [4.69, 9.17) is 10.5 Å². The van der Waals surface area contributed by atoms with Crippen molar-refractivity contribution >= 4 is 29.3 Å². The molecule has 3 aliphatic rings. The maximum Gasteiger partial charge on any atom is 0.265 e. The van der Waals surface area contributed by atoms with Crippen molar-refractivity contribution in [2.24, 2.45) is 11.7 Å². The average Bonchev–Trinajstić information content (AvgIpc) is 2.80. The molecule has 1 aromatic carbocycles. The fourth-order valence-electron chi connectivity index (χ4n) is 4.44. The van der Waals surface area contributed by atoms with Crippen molar-refractivity contribution in [1.29, 1.82) is 0 Å². The molecule has 3 heterocycles. The molecule has 2 N–H and O–H groups in total. The maximum absolute atomic E-state index is 12.9. The summed E-state index contributed by atoms with van der Waals surface area (Å²) in [6.45, 7) is 2.06. The predicted molar refractivity (Wildman–Crippen MR) is 113 cm³/mol. The highest BCUT2D eigenvalue weighted by atomic mass is 16.5. The van der Waals surface area contributed by atoms with Crippen LogP contribution in [0.25, 0.3) is 0 Å². The molecular weight excluding hydrogens is 400 g/mol. The van der Waals surface area contributed by atoms with E-state index in [0.717, 1.165) is 32.4 Å². The lowest BCUT2D eigenvalue weighted by atomic mass is 9.96. The fourth-order valence-corrected chi connectivity index (χ4v) is 4.44. The van der Waals surface area contributed by atoms with E-state index in [1.54, 1.807) is 23.1 Å². The van der Waals surface area contributed by atoms with Crippen molar-refractivity contribution < 1.29 is 23.9 Å². The van der Waals surface area contributed by atoms with Gasteiger partial charge in [0.15, 0.2) is 6.61 Å². The zero-order valence-corrected chi connectivity index (χ0v) is 17.5. The summed E-state index contributed by atoms with van der Waals surface area (Å²) in [7, 11) is 0. The van der Waals surface area contributed by atoms with Gasteiger partial charge in [-0.2, -0.15) is 0 Å². The largest absolute Gasteiger partial charge is 0.482 e. The van der Waals surface area contributed by atoms with E-state index < -0.39 is 0 Å². The zero-order valence-electron chi connectivity index (χ0n) is 17.5. The highest BCUT2D eigenvalue weighted by molar-refractivity contribution is 6.04. The van der Waals surface area contributed by atoms with Crippen LogP contribution in [0.3, 0.4) is 0 Å². The number of primary amides is 1. The van der Waals surface area contributed by atoms with Gasteiger partial charge in [-0.15, -0.1) is 0 Å². The normalized spacial score (nSPS) is 19.6. The Bertz CT molecular complexity index is 888. The molecule has 0 aliphatic carbocycles. The summed E-state index contributed by atoms with van der Waals surface area (Å²) in [4.78, 5) is 54.6. The predicted octanol–water partition coefficient (Wildman–Crippen LogP) is 0.762. The second kappa shape index (κ2) is 8.95. The first-order valence-corrected chi connectivity index (χ1v) is 10.9. The molecule has 4 amide bonds. The van der Waals surface area contributed by atoms with Crippen molar-refractivity contribution in [3.05, 3.63) is 23.8 Å². The van der Waals surface area contributed by atoms with E-state index >= 15 is 0 Å². The lowest BCUT2D eigenvalue weighted by molar-refractivity contribution is -0.134. The van der Waals surface area contributed by atoms with Crippen molar-refractivity contribution in [3.63, 3.8) is 0 Å². The van der Waals surface area contributed by atoms with E-state index in [1.807, 2.05) is 4.90 Å². The van der Waals surface area contributed by atoms with Crippen molar-refractivity contribution in [3.8, 4) is 5.75 Å². The number of carbonyl (C=O) groups excluding carboxylic acids is 4. The number of hydrogen-bond donors (Lipinski definition) is 1. The summed E-state index contributed by atoms with van der Waals surface area (Å²) in [5.41, 5.74) is 6.29. The molecule has 3 aliphatic heterocycles. The van der Waals surface area contributed by atoms with E-state index in [9.17, 15) is 19.2 Å². The molecular formula is C22H28N4O5. The number of likely N-dealkylation sites (tertiary alicyclic amines) is 2. The minimum absolute atomic E-state index is 0.0691. The molecule has 2 saturated heterocycles. The van der Waals surface area contributed by atoms with Gasteiger partial charge in [0.25, 0.3) is 11.8 Å². The first-order chi connectivity index (χ1) is 14.9. The SMILES string of the molecule is NC(=O)C1CCN(C(=O)CN2C(=O)COc3ccc(C(=O)N4CCCCC4)cc32)CC1. The molecule has 0 atom stereocenters. The minimum atomic E-state index is -0.338. The zero-order chi connectivity index (χ0) is 22.0. The minimum Gasteiger partial charge on any atom is -0.482 e. The first-order valence-electron chi connectivity index (χ1n) is 10.9. The Balaban J connectivity index is 1.49.